The predicted molar refractivity (Wildman–Crippen MR) is 89.8 cm³/mol. The lowest BCUT2D eigenvalue weighted by atomic mass is 10.2. The number of thiophene rings is 1. The van der Waals surface area contributed by atoms with E-state index in [2.05, 4.69) is 20.7 Å². The van der Waals surface area contributed by atoms with Crippen LogP contribution < -0.4 is 10.6 Å². The molecule has 3 heterocycles. The molecule has 0 atom stereocenters. The summed E-state index contributed by atoms with van der Waals surface area (Å²) in [5.74, 6) is 0. The zero-order valence-corrected chi connectivity index (χ0v) is 13.5. The van der Waals surface area contributed by atoms with Crippen LogP contribution >= 0.6 is 11.3 Å². The van der Waals surface area contributed by atoms with Crippen LogP contribution in [-0.4, -0.2) is 20.8 Å². The van der Waals surface area contributed by atoms with Crippen LogP contribution in [0, 0.1) is 0 Å². The van der Waals surface area contributed by atoms with Crippen molar-refractivity contribution in [3.05, 3.63) is 58.7 Å². The third-order valence-electron chi connectivity index (χ3n) is 3.37. The summed E-state index contributed by atoms with van der Waals surface area (Å²) < 4.78 is 1.77. The summed E-state index contributed by atoms with van der Waals surface area (Å²) in [7, 11) is 1.86. The molecule has 0 saturated carbocycles. The van der Waals surface area contributed by atoms with Crippen LogP contribution in [0.3, 0.4) is 0 Å². The van der Waals surface area contributed by atoms with Gasteiger partial charge in [-0.25, -0.2) is 4.79 Å². The molecule has 6 nitrogen and oxygen atoms in total. The Morgan fingerprint density at radius 1 is 1.26 bits per heavy atom. The number of hydrogen-bond acceptors (Lipinski definition) is 4. The average Bonchev–Trinajstić information content (AvgIpc) is 3.21. The first-order chi connectivity index (χ1) is 11.2. The van der Waals surface area contributed by atoms with Crippen molar-refractivity contribution in [3.63, 3.8) is 0 Å². The summed E-state index contributed by atoms with van der Waals surface area (Å²) in [6.07, 6.45) is 3.50. The highest BCUT2D eigenvalue weighted by molar-refractivity contribution is 7.09. The van der Waals surface area contributed by atoms with Gasteiger partial charge in [0.25, 0.3) is 0 Å². The molecule has 0 aliphatic rings. The standard InChI is InChI=1S/C16H17N5OS/c1-21-13(8-15(20-21)12-4-2-6-17-9-12)10-18-16(22)19-11-14-5-3-7-23-14/h2-9H,10-11H2,1H3,(H2,18,19,22). The molecule has 0 aliphatic heterocycles. The van der Waals surface area contributed by atoms with E-state index in [1.165, 1.54) is 0 Å². The van der Waals surface area contributed by atoms with Crippen LogP contribution in [0.2, 0.25) is 0 Å². The molecule has 3 aromatic rings. The fourth-order valence-electron chi connectivity index (χ4n) is 2.14. The average molecular weight is 327 g/mol. The number of urea groups is 1. The van der Waals surface area contributed by atoms with Crippen LogP contribution in [0.5, 0.6) is 0 Å². The second-order valence-corrected chi connectivity index (χ2v) is 6.03. The fourth-order valence-corrected chi connectivity index (χ4v) is 2.79. The molecule has 2 amide bonds. The largest absolute Gasteiger partial charge is 0.333 e. The molecule has 0 unspecified atom stereocenters. The van der Waals surface area contributed by atoms with Gasteiger partial charge in [0.2, 0.25) is 0 Å². The van der Waals surface area contributed by atoms with E-state index < -0.39 is 0 Å². The summed E-state index contributed by atoms with van der Waals surface area (Å²) in [6.45, 7) is 0.954. The summed E-state index contributed by atoms with van der Waals surface area (Å²) in [5, 5.41) is 12.1. The lowest BCUT2D eigenvalue weighted by molar-refractivity contribution is 0.240. The summed E-state index contributed by atoms with van der Waals surface area (Å²) in [4.78, 5) is 17.1. The topological polar surface area (TPSA) is 71.8 Å². The molecule has 0 bridgehead atoms. The van der Waals surface area contributed by atoms with Gasteiger partial charge in [-0.2, -0.15) is 5.10 Å². The van der Waals surface area contributed by atoms with E-state index in [1.807, 2.05) is 42.8 Å². The van der Waals surface area contributed by atoms with Gasteiger partial charge in [0.05, 0.1) is 24.5 Å². The number of pyridine rings is 1. The SMILES string of the molecule is Cn1nc(-c2cccnc2)cc1CNC(=O)NCc1cccs1. The van der Waals surface area contributed by atoms with Crippen molar-refractivity contribution in [2.45, 2.75) is 13.1 Å². The van der Waals surface area contributed by atoms with E-state index in [0.717, 1.165) is 21.8 Å². The van der Waals surface area contributed by atoms with Crippen LogP contribution in [0.4, 0.5) is 4.79 Å². The number of hydrogen-bond donors (Lipinski definition) is 2. The zero-order chi connectivity index (χ0) is 16.1. The maximum Gasteiger partial charge on any atom is 0.315 e. The third-order valence-corrected chi connectivity index (χ3v) is 4.24. The van der Waals surface area contributed by atoms with Gasteiger partial charge >= 0.3 is 6.03 Å². The molecular weight excluding hydrogens is 310 g/mol. The van der Waals surface area contributed by atoms with Crippen molar-refractivity contribution in [3.8, 4) is 11.3 Å². The fraction of sp³-hybridized carbons (Fsp3) is 0.188. The third kappa shape index (κ3) is 3.95. The summed E-state index contributed by atoms with van der Waals surface area (Å²) >= 11 is 1.62. The number of rotatable bonds is 5. The van der Waals surface area contributed by atoms with E-state index in [0.29, 0.717) is 13.1 Å². The van der Waals surface area contributed by atoms with Crippen LogP contribution in [0.25, 0.3) is 11.3 Å². The quantitative estimate of drug-likeness (QED) is 0.756. The van der Waals surface area contributed by atoms with Gasteiger partial charge in [0, 0.05) is 29.9 Å². The minimum Gasteiger partial charge on any atom is -0.333 e. The van der Waals surface area contributed by atoms with Gasteiger partial charge in [0.15, 0.2) is 0 Å². The molecule has 0 saturated heterocycles. The zero-order valence-electron chi connectivity index (χ0n) is 12.7. The van der Waals surface area contributed by atoms with Crippen molar-refractivity contribution in [1.29, 1.82) is 0 Å². The first-order valence-corrected chi connectivity index (χ1v) is 8.08. The van der Waals surface area contributed by atoms with Crippen molar-refractivity contribution in [2.75, 3.05) is 0 Å². The van der Waals surface area contributed by atoms with E-state index in [-0.39, 0.29) is 6.03 Å². The van der Waals surface area contributed by atoms with E-state index in [1.54, 1.807) is 28.4 Å². The second-order valence-electron chi connectivity index (χ2n) is 5.00. The Labute approximate surface area is 138 Å². The molecule has 0 aromatic carbocycles. The van der Waals surface area contributed by atoms with Crippen molar-refractivity contribution in [1.82, 2.24) is 25.4 Å². The molecule has 3 rings (SSSR count). The van der Waals surface area contributed by atoms with Gasteiger partial charge in [0.1, 0.15) is 0 Å². The number of nitrogens with one attached hydrogen (secondary N) is 2. The van der Waals surface area contributed by atoms with Crippen molar-refractivity contribution >= 4 is 17.4 Å². The maximum atomic E-state index is 11.8. The number of aromatic nitrogens is 3. The molecule has 2 N–H and O–H groups in total. The highest BCUT2D eigenvalue weighted by Crippen LogP contribution is 2.17. The first kappa shape index (κ1) is 15.2. The Morgan fingerprint density at radius 3 is 2.87 bits per heavy atom. The van der Waals surface area contributed by atoms with Crippen molar-refractivity contribution in [2.24, 2.45) is 7.05 Å². The molecule has 0 aliphatic carbocycles. The monoisotopic (exact) mass is 327 g/mol. The van der Waals surface area contributed by atoms with E-state index in [9.17, 15) is 4.79 Å². The van der Waals surface area contributed by atoms with Gasteiger partial charge in [-0.1, -0.05) is 6.07 Å². The summed E-state index contributed by atoms with van der Waals surface area (Å²) in [5.41, 5.74) is 2.73. The van der Waals surface area contributed by atoms with Gasteiger partial charge < -0.3 is 10.6 Å². The minimum absolute atomic E-state index is 0.192. The Kier molecular flexibility index (Phi) is 4.68. The molecule has 118 valence electrons. The number of amides is 2. The first-order valence-electron chi connectivity index (χ1n) is 7.20. The number of carbonyl (C=O) groups is 1. The summed E-state index contributed by atoms with van der Waals surface area (Å²) in [6, 6.07) is 9.56. The van der Waals surface area contributed by atoms with Gasteiger partial charge in [-0.3, -0.25) is 9.67 Å². The normalized spacial score (nSPS) is 10.5. The van der Waals surface area contributed by atoms with Crippen LogP contribution in [0.1, 0.15) is 10.6 Å². The van der Waals surface area contributed by atoms with E-state index in [4.69, 9.17) is 0 Å². The molecule has 0 spiro atoms. The highest BCUT2D eigenvalue weighted by Gasteiger charge is 2.08. The number of carbonyl (C=O) groups excluding carboxylic acids is 1. The smallest absolute Gasteiger partial charge is 0.315 e. The maximum absolute atomic E-state index is 11.8. The lowest BCUT2D eigenvalue weighted by Gasteiger charge is -2.06. The number of aryl methyl sites for hydroxylation is 1. The van der Waals surface area contributed by atoms with Gasteiger partial charge in [-0.15, -0.1) is 11.3 Å². The Bertz CT molecular complexity index is 767. The second kappa shape index (κ2) is 7.06. The van der Waals surface area contributed by atoms with Crippen molar-refractivity contribution < 1.29 is 4.79 Å². The van der Waals surface area contributed by atoms with Crippen LogP contribution in [0.15, 0.2) is 48.1 Å². The number of nitrogens with zero attached hydrogens (tertiary/aromatic N) is 3. The Balaban J connectivity index is 1.56. The molecule has 7 heteroatoms. The molecule has 3 aromatic heterocycles. The molecule has 0 radical (unpaired) electrons. The highest BCUT2D eigenvalue weighted by atomic mass is 32.1. The van der Waals surface area contributed by atoms with Gasteiger partial charge in [-0.05, 0) is 29.6 Å². The Morgan fingerprint density at radius 2 is 2.13 bits per heavy atom. The molecule has 23 heavy (non-hydrogen) atoms. The molecule has 0 fully saturated rings. The van der Waals surface area contributed by atoms with Crippen LogP contribution in [-0.2, 0) is 20.1 Å². The minimum atomic E-state index is -0.192. The Hall–Kier alpha value is -2.67. The predicted octanol–water partition coefficient (Wildman–Crippen LogP) is 2.54. The lowest BCUT2D eigenvalue weighted by Crippen LogP contribution is -2.34. The molecular formula is C16H17N5OS. The van der Waals surface area contributed by atoms with E-state index >= 15 is 0 Å².